The average molecular weight is 256 g/mol. The lowest BCUT2D eigenvalue weighted by Gasteiger charge is -2.16. The van der Waals surface area contributed by atoms with Gasteiger partial charge in [-0.2, -0.15) is 0 Å². The van der Waals surface area contributed by atoms with Crippen LogP contribution in [0.15, 0.2) is 5.38 Å². The standard InChI is InChI=1S/C12H24N4S/c1-13-8-12-14-11(10-17-12)9-16(4)7-5-6-15(2)3/h10,13H,5-9H2,1-4H3. The third-order valence-corrected chi connectivity index (χ3v) is 3.40. The fourth-order valence-electron chi connectivity index (χ4n) is 1.67. The molecule has 0 amide bonds. The molecule has 0 saturated carbocycles. The second-order valence-corrected chi connectivity index (χ2v) is 5.60. The zero-order chi connectivity index (χ0) is 12.7. The van der Waals surface area contributed by atoms with Crippen molar-refractivity contribution in [1.82, 2.24) is 20.1 Å². The largest absolute Gasteiger partial charge is 0.314 e. The summed E-state index contributed by atoms with van der Waals surface area (Å²) >= 11 is 1.74. The van der Waals surface area contributed by atoms with Gasteiger partial charge in [-0.1, -0.05) is 0 Å². The molecule has 0 spiro atoms. The molecule has 1 aromatic rings. The van der Waals surface area contributed by atoms with E-state index in [0.717, 1.165) is 26.2 Å². The first-order valence-electron chi connectivity index (χ1n) is 6.03. The zero-order valence-corrected chi connectivity index (χ0v) is 12.2. The quantitative estimate of drug-likeness (QED) is 0.758. The Morgan fingerprint density at radius 1 is 1.29 bits per heavy atom. The van der Waals surface area contributed by atoms with Gasteiger partial charge in [0.15, 0.2) is 0 Å². The van der Waals surface area contributed by atoms with E-state index in [2.05, 4.69) is 46.6 Å². The van der Waals surface area contributed by atoms with Gasteiger partial charge in [0.05, 0.1) is 5.69 Å². The van der Waals surface area contributed by atoms with E-state index in [9.17, 15) is 0 Å². The van der Waals surface area contributed by atoms with Crippen LogP contribution in [0.4, 0.5) is 0 Å². The summed E-state index contributed by atoms with van der Waals surface area (Å²) in [6.07, 6.45) is 1.21. The maximum atomic E-state index is 4.59. The molecule has 0 saturated heterocycles. The number of thiazole rings is 1. The van der Waals surface area contributed by atoms with Gasteiger partial charge < -0.3 is 15.1 Å². The summed E-state index contributed by atoms with van der Waals surface area (Å²) in [6, 6.07) is 0. The van der Waals surface area contributed by atoms with E-state index in [1.807, 2.05) is 7.05 Å². The van der Waals surface area contributed by atoms with Gasteiger partial charge in [-0.25, -0.2) is 4.98 Å². The summed E-state index contributed by atoms with van der Waals surface area (Å²) in [4.78, 5) is 9.15. The van der Waals surface area contributed by atoms with Crippen LogP contribution in [0.1, 0.15) is 17.1 Å². The van der Waals surface area contributed by atoms with Crippen LogP contribution in [0.25, 0.3) is 0 Å². The molecule has 5 heteroatoms. The highest BCUT2D eigenvalue weighted by Crippen LogP contribution is 2.11. The van der Waals surface area contributed by atoms with Crippen molar-refractivity contribution in [1.29, 1.82) is 0 Å². The molecular weight excluding hydrogens is 232 g/mol. The minimum absolute atomic E-state index is 0.870. The highest BCUT2D eigenvalue weighted by molar-refractivity contribution is 7.09. The first kappa shape index (κ1) is 14.6. The summed E-state index contributed by atoms with van der Waals surface area (Å²) in [5.41, 5.74) is 1.19. The van der Waals surface area contributed by atoms with Gasteiger partial charge in [-0.3, -0.25) is 0 Å². The van der Waals surface area contributed by atoms with Crippen LogP contribution in [0.3, 0.4) is 0 Å². The van der Waals surface area contributed by atoms with Gasteiger partial charge >= 0.3 is 0 Å². The molecule has 0 aliphatic carbocycles. The summed E-state index contributed by atoms with van der Waals surface area (Å²) in [5, 5.41) is 6.46. The molecule has 1 rings (SSSR count). The monoisotopic (exact) mass is 256 g/mol. The Morgan fingerprint density at radius 2 is 2.06 bits per heavy atom. The van der Waals surface area contributed by atoms with Crippen LogP contribution in [-0.2, 0) is 13.1 Å². The van der Waals surface area contributed by atoms with E-state index in [-0.39, 0.29) is 0 Å². The first-order valence-corrected chi connectivity index (χ1v) is 6.91. The molecule has 0 atom stereocenters. The lowest BCUT2D eigenvalue weighted by atomic mass is 10.3. The van der Waals surface area contributed by atoms with Gasteiger partial charge in [0.1, 0.15) is 5.01 Å². The lowest BCUT2D eigenvalue weighted by Crippen LogP contribution is -2.23. The number of hydrogen-bond acceptors (Lipinski definition) is 5. The van der Waals surface area contributed by atoms with Crippen molar-refractivity contribution in [2.45, 2.75) is 19.5 Å². The molecule has 1 N–H and O–H groups in total. The highest BCUT2D eigenvalue weighted by atomic mass is 32.1. The summed E-state index contributed by atoms with van der Waals surface area (Å²) in [7, 11) is 8.34. The van der Waals surface area contributed by atoms with Crippen LogP contribution in [0, 0.1) is 0 Å². The van der Waals surface area contributed by atoms with E-state index in [0.29, 0.717) is 0 Å². The highest BCUT2D eigenvalue weighted by Gasteiger charge is 2.05. The Labute approximate surface area is 109 Å². The van der Waals surface area contributed by atoms with Crippen LogP contribution in [0.5, 0.6) is 0 Å². The van der Waals surface area contributed by atoms with E-state index >= 15 is 0 Å². The van der Waals surface area contributed by atoms with Gasteiger partial charge in [0.25, 0.3) is 0 Å². The van der Waals surface area contributed by atoms with Crippen molar-refractivity contribution in [3.05, 3.63) is 16.1 Å². The number of hydrogen-bond donors (Lipinski definition) is 1. The second-order valence-electron chi connectivity index (χ2n) is 4.66. The molecule has 0 aromatic carbocycles. The molecule has 0 bridgehead atoms. The third-order valence-electron chi connectivity index (χ3n) is 2.50. The average Bonchev–Trinajstić information content (AvgIpc) is 2.65. The SMILES string of the molecule is CNCc1nc(CN(C)CCCN(C)C)cs1. The number of aromatic nitrogens is 1. The molecule has 98 valence electrons. The van der Waals surface area contributed by atoms with Gasteiger partial charge in [-0.05, 0) is 47.7 Å². The Balaban J connectivity index is 2.26. The van der Waals surface area contributed by atoms with E-state index < -0.39 is 0 Å². The fourth-order valence-corrected chi connectivity index (χ4v) is 2.46. The molecule has 1 aromatic heterocycles. The van der Waals surface area contributed by atoms with Crippen LogP contribution >= 0.6 is 11.3 Å². The van der Waals surface area contributed by atoms with Crippen molar-refractivity contribution in [2.24, 2.45) is 0 Å². The normalized spacial score (nSPS) is 11.6. The van der Waals surface area contributed by atoms with E-state index in [1.54, 1.807) is 11.3 Å². The third kappa shape index (κ3) is 6.12. The van der Waals surface area contributed by atoms with Crippen molar-refractivity contribution in [3.8, 4) is 0 Å². The molecule has 0 fully saturated rings. The molecular formula is C12H24N4S. The Hall–Kier alpha value is -0.490. The molecule has 4 nitrogen and oxygen atoms in total. The molecule has 0 aliphatic heterocycles. The first-order chi connectivity index (χ1) is 8.11. The van der Waals surface area contributed by atoms with Crippen molar-refractivity contribution in [2.75, 3.05) is 41.3 Å². The summed E-state index contributed by atoms with van der Waals surface area (Å²) < 4.78 is 0. The number of nitrogens with one attached hydrogen (secondary N) is 1. The topological polar surface area (TPSA) is 31.4 Å². The lowest BCUT2D eigenvalue weighted by molar-refractivity contribution is 0.292. The van der Waals surface area contributed by atoms with Crippen molar-refractivity contribution < 1.29 is 0 Å². The zero-order valence-electron chi connectivity index (χ0n) is 11.4. The predicted octanol–water partition coefficient (Wildman–Crippen LogP) is 1.25. The van der Waals surface area contributed by atoms with Gasteiger partial charge in [0, 0.05) is 18.5 Å². The van der Waals surface area contributed by atoms with Gasteiger partial charge in [0.2, 0.25) is 0 Å². The molecule has 0 radical (unpaired) electrons. The van der Waals surface area contributed by atoms with Crippen LogP contribution in [0.2, 0.25) is 0 Å². The fraction of sp³-hybridized carbons (Fsp3) is 0.750. The minimum atomic E-state index is 0.870. The van der Waals surface area contributed by atoms with E-state index in [4.69, 9.17) is 0 Å². The molecule has 0 aliphatic rings. The summed E-state index contributed by atoms with van der Waals surface area (Å²) in [5.74, 6) is 0. The maximum Gasteiger partial charge on any atom is 0.107 e. The summed E-state index contributed by atoms with van der Waals surface area (Å²) in [6.45, 7) is 4.09. The Morgan fingerprint density at radius 3 is 2.71 bits per heavy atom. The van der Waals surface area contributed by atoms with Crippen molar-refractivity contribution >= 4 is 11.3 Å². The number of nitrogens with zero attached hydrogens (tertiary/aromatic N) is 3. The molecule has 0 unspecified atom stereocenters. The van der Waals surface area contributed by atoms with Crippen molar-refractivity contribution in [3.63, 3.8) is 0 Å². The predicted molar refractivity (Wildman–Crippen MR) is 74.4 cm³/mol. The van der Waals surface area contributed by atoms with Gasteiger partial charge in [-0.15, -0.1) is 11.3 Å². The molecule has 1 heterocycles. The Bertz CT molecular complexity index is 311. The minimum Gasteiger partial charge on any atom is -0.314 e. The maximum absolute atomic E-state index is 4.59. The Kier molecular flexibility index (Phi) is 6.65. The smallest absolute Gasteiger partial charge is 0.107 e. The number of rotatable bonds is 8. The second kappa shape index (κ2) is 7.76. The van der Waals surface area contributed by atoms with Crippen LogP contribution < -0.4 is 5.32 Å². The van der Waals surface area contributed by atoms with E-state index in [1.165, 1.54) is 17.1 Å². The van der Waals surface area contributed by atoms with Crippen LogP contribution in [-0.4, -0.2) is 56.1 Å². The molecule has 17 heavy (non-hydrogen) atoms.